The number of alkyl halides is 2. The highest BCUT2D eigenvalue weighted by atomic mass is 19.3. The Kier molecular flexibility index (Phi) is 2.01. The van der Waals surface area contributed by atoms with Crippen molar-refractivity contribution in [1.82, 2.24) is 0 Å². The molecule has 0 aromatic rings. The molecule has 4 heteroatoms. The van der Waals surface area contributed by atoms with E-state index in [1.165, 1.54) is 0 Å². The summed E-state index contributed by atoms with van der Waals surface area (Å²) in [5, 5.41) is 0. The van der Waals surface area contributed by atoms with Gasteiger partial charge in [0, 0.05) is 0 Å². The number of hydrogen-bond donors (Lipinski definition) is 0. The van der Waals surface area contributed by atoms with Crippen LogP contribution in [0.3, 0.4) is 0 Å². The maximum atomic E-state index is 12.5. The fraction of sp³-hybridized carbons (Fsp3) is 0.600. The molecule has 14 heavy (non-hydrogen) atoms. The molecule has 0 amide bonds. The third-order valence-electron chi connectivity index (χ3n) is 2.32. The minimum absolute atomic E-state index is 0.207. The second-order valence-electron chi connectivity index (χ2n) is 3.29. The summed E-state index contributed by atoms with van der Waals surface area (Å²) < 4.78 is 33.5. The Labute approximate surface area is 81.2 Å². The smallest absolute Gasteiger partial charge is 0.396 e. The highest BCUT2D eigenvalue weighted by Gasteiger charge is 2.50. The summed E-state index contributed by atoms with van der Waals surface area (Å²) in [6, 6.07) is 0. The lowest BCUT2D eigenvalue weighted by Crippen LogP contribution is -2.14. The van der Waals surface area contributed by atoms with E-state index in [-0.39, 0.29) is 11.5 Å². The second kappa shape index (κ2) is 2.97. The maximum absolute atomic E-state index is 12.5. The highest BCUT2D eigenvalue weighted by molar-refractivity contribution is 5.33. The van der Waals surface area contributed by atoms with E-state index in [4.69, 9.17) is 0 Å². The fourth-order valence-electron chi connectivity index (χ4n) is 1.62. The summed E-state index contributed by atoms with van der Waals surface area (Å²) >= 11 is 0. The Morgan fingerprint density at radius 2 is 1.57 bits per heavy atom. The minimum atomic E-state index is -3.45. The van der Waals surface area contributed by atoms with E-state index in [0.717, 1.165) is 6.42 Å². The lowest BCUT2D eigenvalue weighted by Gasteiger charge is -2.03. The second-order valence-corrected chi connectivity index (χ2v) is 3.29. The molecule has 3 aliphatic rings. The van der Waals surface area contributed by atoms with Crippen molar-refractivity contribution < 1.29 is 18.3 Å². The van der Waals surface area contributed by atoms with Gasteiger partial charge in [-0.05, 0) is 30.4 Å². The Morgan fingerprint density at radius 3 is 2.00 bits per heavy atom. The lowest BCUT2D eigenvalue weighted by atomic mass is 10.1. The zero-order valence-electron chi connectivity index (χ0n) is 8.09. The van der Waals surface area contributed by atoms with Gasteiger partial charge in [0.2, 0.25) is 0 Å². The van der Waals surface area contributed by atoms with Crippen LogP contribution in [0, 0.1) is 11.8 Å². The van der Waals surface area contributed by atoms with Crippen LogP contribution in [0.1, 0.15) is 20.3 Å². The Balaban J connectivity index is 0.000000354. The molecule has 1 aliphatic heterocycles. The fourth-order valence-corrected chi connectivity index (χ4v) is 1.62. The molecule has 1 saturated heterocycles. The van der Waals surface area contributed by atoms with Gasteiger partial charge in [0.15, 0.2) is 11.5 Å². The van der Waals surface area contributed by atoms with Crippen molar-refractivity contribution >= 4 is 0 Å². The predicted octanol–water partition coefficient (Wildman–Crippen LogP) is 3.03. The van der Waals surface area contributed by atoms with Crippen LogP contribution in [0.5, 0.6) is 0 Å². The summed E-state index contributed by atoms with van der Waals surface area (Å²) in [5.74, 6) is 1.22. The predicted molar refractivity (Wildman–Crippen MR) is 46.2 cm³/mol. The van der Waals surface area contributed by atoms with Crippen molar-refractivity contribution in [3.05, 3.63) is 23.7 Å². The van der Waals surface area contributed by atoms with Crippen molar-refractivity contribution in [3.8, 4) is 0 Å². The van der Waals surface area contributed by atoms with Gasteiger partial charge in [-0.1, -0.05) is 13.8 Å². The van der Waals surface area contributed by atoms with E-state index < -0.39 is 6.29 Å². The summed E-state index contributed by atoms with van der Waals surface area (Å²) in [6.45, 7) is 4.00. The molecular weight excluding hydrogens is 190 g/mol. The Morgan fingerprint density at radius 1 is 1.14 bits per heavy atom. The van der Waals surface area contributed by atoms with Gasteiger partial charge in [0.25, 0.3) is 0 Å². The number of allylic oxidation sites excluding steroid dienone is 2. The lowest BCUT2D eigenvalue weighted by molar-refractivity contribution is -0.326. The number of hydrogen-bond acceptors (Lipinski definition) is 2. The van der Waals surface area contributed by atoms with Gasteiger partial charge in [-0.25, -0.2) is 0 Å². The Hall–Kier alpha value is -1.06. The van der Waals surface area contributed by atoms with Crippen LogP contribution in [-0.4, -0.2) is 6.29 Å². The van der Waals surface area contributed by atoms with Gasteiger partial charge in [-0.15, -0.1) is 8.78 Å². The minimum Gasteiger partial charge on any atom is -0.396 e. The first kappa shape index (κ1) is 9.49. The molecule has 3 rings (SSSR count). The Bertz CT molecular complexity index is 279. The van der Waals surface area contributed by atoms with E-state index in [0.29, 0.717) is 11.8 Å². The zero-order chi connectivity index (χ0) is 10.3. The topological polar surface area (TPSA) is 18.5 Å². The molecule has 1 saturated carbocycles. The van der Waals surface area contributed by atoms with Crippen molar-refractivity contribution in [2.45, 2.75) is 26.6 Å². The van der Waals surface area contributed by atoms with Crippen molar-refractivity contribution in [3.63, 3.8) is 0 Å². The van der Waals surface area contributed by atoms with E-state index in [2.05, 4.69) is 9.47 Å². The van der Waals surface area contributed by atoms with Crippen LogP contribution < -0.4 is 0 Å². The number of rotatable bonds is 0. The van der Waals surface area contributed by atoms with E-state index >= 15 is 0 Å². The van der Waals surface area contributed by atoms with E-state index in [1.54, 1.807) is 12.2 Å². The van der Waals surface area contributed by atoms with E-state index in [1.807, 2.05) is 13.8 Å². The molecule has 0 aromatic heterocycles. The van der Waals surface area contributed by atoms with E-state index in [9.17, 15) is 8.78 Å². The standard InChI is InChI=1S/C8H6F2O2.C2H6/c9-8(10)11-6-2-4-1-5(4)3-7(6)12-8;1-2/h2-5H,1H2;1-2H3. The molecule has 2 fully saturated rings. The largest absolute Gasteiger partial charge is 0.586 e. The van der Waals surface area contributed by atoms with Gasteiger partial charge < -0.3 is 9.47 Å². The van der Waals surface area contributed by atoms with Gasteiger partial charge in [0.05, 0.1) is 0 Å². The first-order valence-electron chi connectivity index (χ1n) is 4.84. The first-order chi connectivity index (χ1) is 6.64. The molecule has 78 valence electrons. The number of fused-ring (bicyclic) bond motifs is 2. The molecule has 0 bridgehead atoms. The molecule has 1 heterocycles. The third kappa shape index (κ3) is 1.49. The molecule has 2 aliphatic carbocycles. The van der Waals surface area contributed by atoms with Crippen molar-refractivity contribution in [1.29, 1.82) is 0 Å². The third-order valence-corrected chi connectivity index (χ3v) is 2.32. The van der Waals surface area contributed by atoms with Crippen LogP contribution in [0.15, 0.2) is 23.7 Å². The van der Waals surface area contributed by atoms with Crippen LogP contribution in [-0.2, 0) is 9.47 Å². The molecule has 0 N–H and O–H groups in total. The average molecular weight is 202 g/mol. The van der Waals surface area contributed by atoms with Crippen LogP contribution >= 0.6 is 0 Å². The maximum Gasteiger partial charge on any atom is 0.586 e. The molecular formula is C10H12F2O2. The highest BCUT2D eigenvalue weighted by Crippen LogP contribution is 2.50. The first-order valence-corrected chi connectivity index (χ1v) is 4.84. The molecule has 2 unspecified atom stereocenters. The quantitative estimate of drug-likeness (QED) is 0.601. The molecule has 2 nitrogen and oxygen atoms in total. The van der Waals surface area contributed by atoms with Gasteiger partial charge >= 0.3 is 6.29 Å². The van der Waals surface area contributed by atoms with Crippen LogP contribution in [0.25, 0.3) is 0 Å². The summed E-state index contributed by atoms with van der Waals surface area (Å²) in [4.78, 5) is 0. The number of halogens is 2. The molecule has 0 spiro atoms. The zero-order valence-corrected chi connectivity index (χ0v) is 8.09. The molecule has 0 aromatic carbocycles. The van der Waals surface area contributed by atoms with Crippen molar-refractivity contribution in [2.24, 2.45) is 11.8 Å². The SMILES string of the molecule is CC.FC1(F)OC2=CC3CC3C=C2O1. The van der Waals surface area contributed by atoms with Crippen molar-refractivity contribution in [2.75, 3.05) is 0 Å². The summed E-state index contributed by atoms with van der Waals surface area (Å²) in [5.41, 5.74) is 0. The average Bonchev–Trinajstić information content (AvgIpc) is 2.78. The summed E-state index contributed by atoms with van der Waals surface area (Å²) in [7, 11) is 0. The summed E-state index contributed by atoms with van der Waals surface area (Å²) in [6.07, 6.45) is 1.03. The van der Waals surface area contributed by atoms with Crippen LogP contribution in [0.2, 0.25) is 0 Å². The molecule has 0 radical (unpaired) electrons. The van der Waals surface area contributed by atoms with Gasteiger partial charge in [0.1, 0.15) is 0 Å². The monoisotopic (exact) mass is 202 g/mol. The van der Waals surface area contributed by atoms with Gasteiger partial charge in [-0.2, -0.15) is 0 Å². The number of ether oxygens (including phenoxy) is 2. The van der Waals surface area contributed by atoms with Crippen LogP contribution in [0.4, 0.5) is 8.78 Å². The molecule has 2 atom stereocenters. The normalized spacial score (nSPS) is 34.6. The van der Waals surface area contributed by atoms with Gasteiger partial charge in [-0.3, -0.25) is 0 Å².